The molecule has 2 aromatic rings. The maximum atomic E-state index is 12.7. The van der Waals surface area contributed by atoms with E-state index >= 15 is 0 Å². The van der Waals surface area contributed by atoms with Crippen molar-refractivity contribution >= 4 is 17.6 Å². The fourth-order valence-electron chi connectivity index (χ4n) is 4.82. The molecule has 172 valence electrons. The van der Waals surface area contributed by atoms with E-state index in [1.165, 1.54) is 32.1 Å². The van der Waals surface area contributed by atoms with Gasteiger partial charge in [-0.3, -0.25) is 9.59 Å². The molecule has 1 aromatic carbocycles. The number of benzene rings is 1. The minimum atomic E-state index is -0.0947. The summed E-state index contributed by atoms with van der Waals surface area (Å²) in [4.78, 5) is 27.1. The van der Waals surface area contributed by atoms with E-state index in [1.807, 2.05) is 46.0 Å². The lowest BCUT2D eigenvalue weighted by atomic mass is 9.86. The number of carbonyl (C=O) groups is 2. The van der Waals surface area contributed by atoms with Crippen LogP contribution in [0.2, 0.25) is 0 Å². The first-order chi connectivity index (χ1) is 15.7. The molecule has 1 aliphatic carbocycles. The first-order valence-electron chi connectivity index (χ1n) is 12.0. The van der Waals surface area contributed by atoms with Crippen LogP contribution in [0, 0.1) is 5.92 Å². The summed E-state index contributed by atoms with van der Waals surface area (Å²) in [6.45, 7) is 1.84. The van der Waals surface area contributed by atoms with Crippen molar-refractivity contribution in [2.45, 2.75) is 63.8 Å². The van der Waals surface area contributed by atoms with Crippen molar-refractivity contribution in [3.8, 4) is 5.75 Å². The number of nitrogens with one attached hydrogen (secondary N) is 1. The second-order valence-electron chi connectivity index (χ2n) is 8.94. The van der Waals surface area contributed by atoms with Gasteiger partial charge in [-0.05, 0) is 43.7 Å². The van der Waals surface area contributed by atoms with Gasteiger partial charge in [-0.15, -0.1) is 0 Å². The Balaban J connectivity index is 1.22. The standard InChI is InChI=1S/C25H34N4O3/c30-24(14-18-32-22-9-5-2-6-10-22)27-23-11-15-26-29(23)21-12-16-28(17-13-21)25(31)19-20-7-3-1-4-8-20/h2,5-6,9-11,15,20-21H,1,3-4,7-8,12-14,16-19H2,(H,27,30). The molecule has 2 heterocycles. The molecule has 7 heteroatoms. The lowest BCUT2D eigenvalue weighted by molar-refractivity contribution is -0.133. The molecule has 1 saturated heterocycles. The molecule has 0 spiro atoms. The third kappa shape index (κ3) is 6.11. The summed E-state index contributed by atoms with van der Waals surface area (Å²) in [7, 11) is 0. The molecule has 2 aliphatic rings. The van der Waals surface area contributed by atoms with Crippen LogP contribution in [0.1, 0.15) is 63.8 Å². The van der Waals surface area contributed by atoms with Gasteiger partial charge in [0.15, 0.2) is 0 Å². The van der Waals surface area contributed by atoms with E-state index in [9.17, 15) is 9.59 Å². The van der Waals surface area contributed by atoms with Crippen molar-refractivity contribution in [1.29, 1.82) is 0 Å². The van der Waals surface area contributed by atoms with Crippen molar-refractivity contribution in [2.24, 2.45) is 5.92 Å². The van der Waals surface area contributed by atoms with E-state index in [1.54, 1.807) is 6.20 Å². The van der Waals surface area contributed by atoms with Crippen LogP contribution in [-0.2, 0) is 9.59 Å². The monoisotopic (exact) mass is 438 g/mol. The van der Waals surface area contributed by atoms with Crippen LogP contribution in [0.4, 0.5) is 5.82 Å². The first-order valence-corrected chi connectivity index (χ1v) is 12.0. The van der Waals surface area contributed by atoms with E-state index in [4.69, 9.17) is 4.74 Å². The summed E-state index contributed by atoms with van der Waals surface area (Å²) in [5, 5.41) is 7.41. The van der Waals surface area contributed by atoms with Crippen molar-refractivity contribution in [2.75, 3.05) is 25.0 Å². The quantitative estimate of drug-likeness (QED) is 0.662. The molecule has 1 saturated carbocycles. The predicted molar refractivity (Wildman–Crippen MR) is 123 cm³/mol. The van der Waals surface area contributed by atoms with Gasteiger partial charge in [-0.25, -0.2) is 4.68 Å². The van der Waals surface area contributed by atoms with Crippen LogP contribution in [0.15, 0.2) is 42.6 Å². The highest BCUT2D eigenvalue weighted by Gasteiger charge is 2.27. The Kier molecular flexibility index (Phi) is 7.80. The third-order valence-corrected chi connectivity index (χ3v) is 6.63. The van der Waals surface area contributed by atoms with E-state index < -0.39 is 0 Å². The summed E-state index contributed by atoms with van der Waals surface area (Å²) >= 11 is 0. The number of piperidine rings is 1. The highest BCUT2D eigenvalue weighted by atomic mass is 16.5. The first kappa shape index (κ1) is 22.4. The summed E-state index contributed by atoms with van der Waals surface area (Å²) in [6.07, 6.45) is 10.7. The van der Waals surface area contributed by atoms with Crippen LogP contribution >= 0.6 is 0 Å². The van der Waals surface area contributed by atoms with Crippen molar-refractivity contribution in [3.05, 3.63) is 42.6 Å². The molecular weight excluding hydrogens is 404 g/mol. The molecule has 0 bridgehead atoms. The number of amides is 2. The maximum absolute atomic E-state index is 12.7. The molecular formula is C25H34N4O3. The Bertz CT molecular complexity index is 868. The third-order valence-electron chi connectivity index (χ3n) is 6.63. The van der Waals surface area contributed by atoms with E-state index in [-0.39, 0.29) is 18.4 Å². The van der Waals surface area contributed by atoms with Crippen molar-refractivity contribution < 1.29 is 14.3 Å². The second-order valence-corrected chi connectivity index (χ2v) is 8.94. The van der Waals surface area contributed by atoms with Gasteiger partial charge >= 0.3 is 0 Å². The van der Waals surface area contributed by atoms with Gasteiger partial charge < -0.3 is 15.0 Å². The van der Waals surface area contributed by atoms with Gasteiger partial charge in [-0.1, -0.05) is 37.5 Å². The zero-order valence-electron chi connectivity index (χ0n) is 18.7. The van der Waals surface area contributed by atoms with Gasteiger partial charge in [0.1, 0.15) is 11.6 Å². The Morgan fingerprint density at radius 2 is 1.75 bits per heavy atom. The Morgan fingerprint density at radius 3 is 2.50 bits per heavy atom. The van der Waals surface area contributed by atoms with Crippen LogP contribution in [0.5, 0.6) is 5.75 Å². The van der Waals surface area contributed by atoms with Gasteiger partial charge in [0.2, 0.25) is 11.8 Å². The SMILES string of the molecule is O=C(CCOc1ccccc1)Nc1ccnn1C1CCN(C(=O)CC2CCCCC2)CC1. The second kappa shape index (κ2) is 11.2. The van der Waals surface area contributed by atoms with Gasteiger partial charge in [0.05, 0.1) is 25.3 Å². The number of likely N-dealkylation sites (tertiary alicyclic amines) is 1. The molecule has 1 N–H and O–H groups in total. The molecule has 1 aliphatic heterocycles. The molecule has 7 nitrogen and oxygen atoms in total. The largest absolute Gasteiger partial charge is 0.493 e. The Hall–Kier alpha value is -2.83. The fourth-order valence-corrected chi connectivity index (χ4v) is 4.82. The molecule has 32 heavy (non-hydrogen) atoms. The number of aromatic nitrogens is 2. The van der Waals surface area contributed by atoms with E-state index in [0.29, 0.717) is 30.7 Å². The number of carbonyl (C=O) groups excluding carboxylic acids is 2. The Labute approximate surface area is 190 Å². The number of hydrogen-bond acceptors (Lipinski definition) is 4. The van der Waals surface area contributed by atoms with Crippen LogP contribution in [0.3, 0.4) is 0 Å². The van der Waals surface area contributed by atoms with Crippen LogP contribution < -0.4 is 10.1 Å². The summed E-state index contributed by atoms with van der Waals surface area (Å²) in [5.41, 5.74) is 0. The number of rotatable bonds is 8. The minimum absolute atomic E-state index is 0.0947. The molecule has 2 amide bonds. The fraction of sp³-hybridized carbons (Fsp3) is 0.560. The highest BCUT2D eigenvalue weighted by Crippen LogP contribution is 2.29. The number of para-hydroxylation sites is 1. The normalized spacial score (nSPS) is 17.8. The van der Waals surface area contributed by atoms with Crippen LogP contribution in [-0.4, -0.2) is 46.2 Å². The smallest absolute Gasteiger partial charge is 0.228 e. The van der Waals surface area contributed by atoms with Crippen LogP contribution in [0.25, 0.3) is 0 Å². The number of anilines is 1. The minimum Gasteiger partial charge on any atom is -0.493 e. The molecule has 1 aromatic heterocycles. The summed E-state index contributed by atoms with van der Waals surface area (Å²) in [5.74, 6) is 2.26. The number of ether oxygens (including phenoxy) is 1. The topological polar surface area (TPSA) is 76.5 Å². The number of nitrogens with zero attached hydrogens (tertiary/aromatic N) is 3. The van der Waals surface area contributed by atoms with Crippen molar-refractivity contribution in [3.63, 3.8) is 0 Å². The van der Waals surface area contributed by atoms with E-state index in [2.05, 4.69) is 10.4 Å². The van der Waals surface area contributed by atoms with Gasteiger partial charge in [0, 0.05) is 25.6 Å². The highest BCUT2D eigenvalue weighted by molar-refractivity contribution is 5.89. The molecule has 2 fully saturated rings. The average Bonchev–Trinajstić information content (AvgIpc) is 3.28. The lowest BCUT2D eigenvalue weighted by Crippen LogP contribution is -2.40. The van der Waals surface area contributed by atoms with Gasteiger partial charge in [0.25, 0.3) is 0 Å². The lowest BCUT2D eigenvalue weighted by Gasteiger charge is -2.34. The van der Waals surface area contributed by atoms with E-state index in [0.717, 1.165) is 31.7 Å². The maximum Gasteiger partial charge on any atom is 0.228 e. The zero-order chi connectivity index (χ0) is 22.2. The number of hydrogen-bond donors (Lipinski definition) is 1. The molecule has 0 unspecified atom stereocenters. The molecule has 0 radical (unpaired) electrons. The molecule has 4 rings (SSSR count). The van der Waals surface area contributed by atoms with Crippen molar-refractivity contribution in [1.82, 2.24) is 14.7 Å². The summed E-state index contributed by atoms with van der Waals surface area (Å²) < 4.78 is 7.51. The average molecular weight is 439 g/mol. The zero-order valence-corrected chi connectivity index (χ0v) is 18.7. The predicted octanol–water partition coefficient (Wildman–Crippen LogP) is 4.42. The summed E-state index contributed by atoms with van der Waals surface area (Å²) in [6, 6.07) is 11.5. The molecule has 0 atom stereocenters. The van der Waals surface area contributed by atoms with Gasteiger partial charge in [-0.2, -0.15) is 5.10 Å². The Morgan fingerprint density at radius 1 is 1.00 bits per heavy atom.